The zero-order valence-corrected chi connectivity index (χ0v) is 12.2. The summed E-state index contributed by atoms with van der Waals surface area (Å²) in [5, 5.41) is 7.52. The molecule has 0 atom stereocenters. The lowest BCUT2D eigenvalue weighted by Gasteiger charge is -2.08. The first-order chi connectivity index (χ1) is 9.24. The van der Waals surface area contributed by atoms with E-state index in [9.17, 15) is 0 Å². The van der Waals surface area contributed by atoms with Crippen molar-refractivity contribution in [1.82, 2.24) is 10.3 Å². The average molecular weight is 276 g/mol. The van der Waals surface area contributed by atoms with Crippen molar-refractivity contribution in [2.24, 2.45) is 5.92 Å². The highest BCUT2D eigenvalue weighted by atomic mass is 32.1. The van der Waals surface area contributed by atoms with E-state index in [0.717, 1.165) is 24.5 Å². The van der Waals surface area contributed by atoms with Crippen LogP contribution in [0.4, 0.5) is 0 Å². The molecule has 4 heteroatoms. The summed E-state index contributed by atoms with van der Waals surface area (Å²) >= 11 is 1.68. The van der Waals surface area contributed by atoms with Crippen molar-refractivity contribution in [3.8, 4) is 5.75 Å². The molecule has 3 nitrogen and oxygen atoms in total. The Balaban J connectivity index is 1.77. The van der Waals surface area contributed by atoms with Crippen LogP contribution in [0.2, 0.25) is 0 Å². The summed E-state index contributed by atoms with van der Waals surface area (Å²) in [5.74, 6) is 1.48. The van der Waals surface area contributed by atoms with E-state index >= 15 is 0 Å². The van der Waals surface area contributed by atoms with Gasteiger partial charge in [-0.2, -0.15) is 11.3 Å². The Bertz CT molecular complexity index is 465. The normalized spacial score (nSPS) is 10.9. The van der Waals surface area contributed by atoms with Crippen molar-refractivity contribution in [1.29, 1.82) is 0 Å². The maximum absolute atomic E-state index is 5.67. The molecule has 2 heterocycles. The molecular formula is C15H20N2OS. The maximum atomic E-state index is 5.67. The zero-order chi connectivity index (χ0) is 13.5. The van der Waals surface area contributed by atoms with Crippen LogP contribution < -0.4 is 10.1 Å². The third-order valence-electron chi connectivity index (χ3n) is 2.64. The van der Waals surface area contributed by atoms with Gasteiger partial charge in [-0.3, -0.25) is 4.98 Å². The molecule has 0 radical (unpaired) electrons. The highest BCUT2D eigenvalue weighted by Crippen LogP contribution is 2.13. The minimum absolute atomic E-state index is 0.607. The topological polar surface area (TPSA) is 34.1 Å². The summed E-state index contributed by atoms with van der Waals surface area (Å²) in [6.07, 6.45) is 1.79. The monoisotopic (exact) mass is 276 g/mol. The molecule has 0 unspecified atom stereocenters. The van der Waals surface area contributed by atoms with Crippen molar-refractivity contribution in [2.75, 3.05) is 6.54 Å². The van der Waals surface area contributed by atoms with Gasteiger partial charge in [0, 0.05) is 6.54 Å². The molecule has 0 spiro atoms. The Kier molecular flexibility index (Phi) is 5.36. The van der Waals surface area contributed by atoms with Gasteiger partial charge in [-0.25, -0.2) is 0 Å². The summed E-state index contributed by atoms with van der Waals surface area (Å²) in [6, 6.07) is 6.06. The third kappa shape index (κ3) is 5.01. The van der Waals surface area contributed by atoms with Crippen LogP contribution in [0.1, 0.15) is 25.1 Å². The molecule has 0 saturated heterocycles. The number of pyridine rings is 1. The van der Waals surface area contributed by atoms with Gasteiger partial charge >= 0.3 is 0 Å². The maximum Gasteiger partial charge on any atom is 0.138 e. The van der Waals surface area contributed by atoms with Crippen LogP contribution >= 0.6 is 11.3 Å². The molecule has 2 aromatic heterocycles. The third-order valence-corrected chi connectivity index (χ3v) is 3.37. The Hall–Kier alpha value is -1.39. The van der Waals surface area contributed by atoms with Gasteiger partial charge in [-0.15, -0.1) is 0 Å². The molecule has 0 saturated carbocycles. The quantitative estimate of drug-likeness (QED) is 0.841. The summed E-state index contributed by atoms with van der Waals surface area (Å²) in [7, 11) is 0. The summed E-state index contributed by atoms with van der Waals surface area (Å²) in [5.41, 5.74) is 2.25. The van der Waals surface area contributed by atoms with Crippen LogP contribution in [0, 0.1) is 5.92 Å². The van der Waals surface area contributed by atoms with E-state index in [1.54, 1.807) is 17.5 Å². The lowest BCUT2D eigenvalue weighted by Crippen LogP contribution is -2.19. The summed E-state index contributed by atoms with van der Waals surface area (Å²) in [6.45, 7) is 6.82. The molecule has 1 N–H and O–H groups in total. The Labute approximate surface area is 118 Å². The number of hydrogen-bond donors (Lipinski definition) is 1. The van der Waals surface area contributed by atoms with Gasteiger partial charge in [0.2, 0.25) is 0 Å². The van der Waals surface area contributed by atoms with Crippen LogP contribution in [0.25, 0.3) is 0 Å². The van der Waals surface area contributed by atoms with Crippen molar-refractivity contribution < 1.29 is 4.74 Å². The fraction of sp³-hybridized carbons (Fsp3) is 0.400. The largest absolute Gasteiger partial charge is 0.487 e. The highest BCUT2D eigenvalue weighted by Gasteiger charge is 1.99. The number of ether oxygens (including phenoxy) is 1. The number of nitrogens with one attached hydrogen (secondary N) is 1. The van der Waals surface area contributed by atoms with Crippen molar-refractivity contribution >= 4 is 11.3 Å². The first-order valence-corrected chi connectivity index (χ1v) is 7.48. The Morgan fingerprint density at radius 2 is 2.21 bits per heavy atom. The second kappa shape index (κ2) is 7.26. The van der Waals surface area contributed by atoms with Crippen molar-refractivity contribution in [3.63, 3.8) is 0 Å². The van der Waals surface area contributed by atoms with Gasteiger partial charge in [0.15, 0.2) is 0 Å². The predicted octanol–water partition coefficient (Wildman–Crippen LogP) is 3.47. The molecule has 0 aliphatic carbocycles. The van der Waals surface area contributed by atoms with Gasteiger partial charge < -0.3 is 10.1 Å². The number of aromatic nitrogens is 1. The Morgan fingerprint density at radius 3 is 2.84 bits per heavy atom. The smallest absolute Gasteiger partial charge is 0.138 e. The van der Waals surface area contributed by atoms with Gasteiger partial charge in [0.1, 0.15) is 12.4 Å². The minimum atomic E-state index is 0.607. The first kappa shape index (κ1) is 14.0. The predicted molar refractivity (Wildman–Crippen MR) is 79.4 cm³/mol. The van der Waals surface area contributed by atoms with Crippen LogP contribution in [0.5, 0.6) is 5.75 Å². The first-order valence-electron chi connectivity index (χ1n) is 6.53. The molecule has 102 valence electrons. The minimum Gasteiger partial charge on any atom is -0.487 e. The molecule has 0 amide bonds. The summed E-state index contributed by atoms with van der Waals surface area (Å²) < 4.78 is 5.67. The van der Waals surface area contributed by atoms with E-state index in [1.165, 1.54) is 5.56 Å². The zero-order valence-electron chi connectivity index (χ0n) is 11.4. The van der Waals surface area contributed by atoms with E-state index in [0.29, 0.717) is 12.5 Å². The molecular weight excluding hydrogens is 256 g/mol. The van der Waals surface area contributed by atoms with E-state index in [4.69, 9.17) is 4.74 Å². The van der Waals surface area contributed by atoms with Crippen LogP contribution in [0.3, 0.4) is 0 Å². The molecule has 0 fully saturated rings. The fourth-order valence-electron chi connectivity index (χ4n) is 1.63. The van der Waals surface area contributed by atoms with E-state index in [1.807, 2.05) is 12.1 Å². The Morgan fingerprint density at radius 1 is 1.32 bits per heavy atom. The molecule has 2 rings (SSSR count). The van der Waals surface area contributed by atoms with Gasteiger partial charge in [-0.1, -0.05) is 13.8 Å². The lowest BCUT2D eigenvalue weighted by molar-refractivity contribution is 0.305. The molecule has 0 aliphatic heterocycles. The lowest BCUT2D eigenvalue weighted by atomic mass is 10.2. The van der Waals surface area contributed by atoms with Crippen molar-refractivity contribution in [2.45, 2.75) is 27.0 Å². The number of thiophene rings is 1. The second-order valence-corrected chi connectivity index (χ2v) is 5.71. The van der Waals surface area contributed by atoms with Gasteiger partial charge in [0.25, 0.3) is 0 Å². The van der Waals surface area contributed by atoms with E-state index in [-0.39, 0.29) is 0 Å². The molecule has 0 bridgehead atoms. The standard InChI is InChI=1S/C15H20N2OS/c1-12(2)7-16-8-14-3-4-15(9-17-14)18-10-13-5-6-19-11-13/h3-6,9,11-12,16H,7-8,10H2,1-2H3. The second-order valence-electron chi connectivity index (χ2n) is 4.93. The molecule has 2 aromatic rings. The molecule has 19 heavy (non-hydrogen) atoms. The van der Waals surface area contributed by atoms with E-state index in [2.05, 4.69) is 41.0 Å². The van der Waals surface area contributed by atoms with Crippen LogP contribution in [-0.2, 0) is 13.2 Å². The summed E-state index contributed by atoms with van der Waals surface area (Å²) in [4.78, 5) is 4.39. The number of nitrogens with zero attached hydrogens (tertiary/aromatic N) is 1. The van der Waals surface area contributed by atoms with Gasteiger partial charge in [0.05, 0.1) is 11.9 Å². The fourth-order valence-corrected chi connectivity index (χ4v) is 2.28. The van der Waals surface area contributed by atoms with Crippen LogP contribution in [0.15, 0.2) is 35.2 Å². The highest BCUT2D eigenvalue weighted by molar-refractivity contribution is 7.07. The SMILES string of the molecule is CC(C)CNCc1ccc(OCc2ccsc2)cn1. The number of rotatable bonds is 7. The average Bonchev–Trinajstić information content (AvgIpc) is 2.90. The van der Waals surface area contributed by atoms with E-state index < -0.39 is 0 Å². The number of hydrogen-bond acceptors (Lipinski definition) is 4. The molecule has 0 aromatic carbocycles. The molecule has 0 aliphatic rings. The van der Waals surface area contributed by atoms with Crippen molar-refractivity contribution in [3.05, 3.63) is 46.4 Å². The van der Waals surface area contributed by atoms with Gasteiger partial charge in [-0.05, 0) is 47.0 Å². The van der Waals surface area contributed by atoms with Crippen LogP contribution in [-0.4, -0.2) is 11.5 Å².